The van der Waals surface area contributed by atoms with Gasteiger partial charge in [-0.15, -0.1) is 0 Å². The maximum absolute atomic E-state index is 6.09. The normalized spacial score (nSPS) is 14.6. The van der Waals surface area contributed by atoms with Crippen LogP contribution in [-0.4, -0.2) is 32.5 Å². The van der Waals surface area contributed by atoms with Gasteiger partial charge in [-0.2, -0.15) is 0 Å². The first-order valence-corrected chi connectivity index (χ1v) is 9.90. The largest absolute Gasteiger partial charge is 0.476 e. The molecule has 0 saturated heterocycles. The Morgan fingerprint density at radius 3 is 2.41 bits per heavy atom. The number of hydrogen-bond acceptors (Lipinski definition) is 4. The van der Waals surface area contributed by atoms with Gasteiger partial charge in [0, 0.05) is 24.7 Å². The summed E-state index contributed by atoms with van der Waals surface area (Å²) < 4.78 is 11.4. The van der Waals surface area contributed by atoms with Crippen LogP contribution in [0, 0.1) is 0 Å². The zero-order valence-corrected chi connectivity index (χ0v) is 17.4. The van der Waals surface area contributed by atoms with Crippen molar-refractivity contribution in [2.24, 2.45) is 0 Å². The molecule has 0 amide bonds. The predicted octanol–water partition coefficient (Wildman–Crippen LogP) is 4.58. The van der Waals surface area contributed by atoms with Crippen molar-refractivity contribution in [3.8, 4) is 5.75 Å². The van der Waals surface area contributed by atoms with Crippen LogP contribution in [0.5, 0.6) is 5.75 Å². The minimum atomic E-state index is -0.0190. The van der Waals surface area contributed by atoms with Crippen LogP contribution < -0.4 is 15.4 Å². The van der Waals surface area contributed by atoms with Crippen molar-refractivity contribution in [1.29, 1.82) is 0 Å². The lowest BCUT2D eigenvalue weighted by molar-refractivity contribution is 0.0999. The highest BCUT2D eigenvalue weighted by Gasteiger charge is 2.13. The first-order valence-electron chi connectivity index (χ1n) is 9.52. The summed E-state index contributed by atoms with van der Waals surface area (Å²) in [4.78, 5) is 0. The van der Waals surface area contributed by atoms with Crippen LogP contribution in [0.3, 0.4) is 0 Å². The van der Waals surface area contributed by atoms with E-state index in [0.29, 0.717) is 6.04 Å². The second-order valence-electron chi connectivity index (χ2n) is 6.75. The number of ether oxygens (including phenoxy) is 2. The fourth-order valence-corrected chi connectivity index (χ4v) is 3.21. The fourth-order valence-electron chi connectivity index (χ4n) is 3.02. The second-order valence-corrected chi connectivity index (χ2v) is 7.19. The molecule has 0 radical (unpaired) electrons. The van der Waals surface area contributed by atoms with E-state index in [-0.39, 0.29) is 12.3 Å². The Hall–Kier alpha value is -1.59. The third-order valence-electron chi connectivity index (χ3n) is 4.43. The predicted molar refractivity (Wildman–Crippen MR) is 113 cm³/mol. The summed E-state index contributed by atoms with van der Waals surface area (Å²) in [5.41, 5.74) is 2.36. The standard InChI is InChI=1S/C22H31ClN2O2/c1-5-24-17(3)27-21-11-9-18(10-12-21)13-16(2)25-15-22(26-4)19-7-6-8-20(23)14-19/h6-12,14,16-17,22,24-25H,5,13,15H2,1-4H3. The lowest BCUT2D eigenvalue weighted by Gasteiger charge is -2.21. The molecule has 0 aliphatic rings. The van der Waals surface area contributed by atoms with E-state index in [1.807, 2.05) is 43.3 Å². The molecule has 2 aromatic rings. The van der Waals surface area contributed by atoms with E-state index in [2.05, 4.69) is 36.6 Å². The third kappa shape index (κ3) is 7.51. The van der Waals surface area contributed by atoms with E-state index in [9.17, 15) is 0 Å². The molecule has 0 aliphatic carbocycles. The number of benzene rings is 2. The van der Waals surface area contributed by atoms with E-state index in [0.717, 1.165) is 35.8 Å². The molecule has 27 heavy (non-hydrogen) atoms. The summed E-state index contributed by atoms with van der Waals surface area (Å²) in [6, 6.07) is 16.4. The van der Waals surface area contributed by atoms with Gasteiger partial charge in [0.2, 0.25) is 0 Å². The van der Waals surface area contributed by atoms with Crippen LogP contribution in [0.4, 0.5) is 0 Å². The smallest absolute Gasteiger partial charge is 0.147 e. The quantitative estimate of drug-likeness (QED) is 0.551. The summed E-state index contributed by atoms with van der Waals surface area (Å²) in [6.45, 7) is 7.88. The fraction of sp³-hybridized carbons (Fsp3) is 0.455. The van der Waals surface area contributed by atoms with Crippen molar-refractivity contribution < 1.29 is 9.47 Å². The molecule has 0 aliphatic heterocycles. The minimum absolute atomic E-state index is 0.0129. The summed E-state index contributed by atoms with van der Waals surface area (Å²) in [5, 5.41) is 7.52. The van der Waals surface area contributed by atoms with E-state index >= 15 is 0 Å². The molecule has 2 rings (SSSR count). The Balaban J connectivity index is 1.83. The molecule has 148 valence electrons. The molecule has 2 aromatic carbocycles. The van der Waals surface area contributed by atoms with Crippen LogP contribution in [0.1, 0.15) is 38.0 Å². The summed E-state index contributed by atoms with van der Waals surface area (Å²) in [6.07, 6.45) is 0.933. The summed E-state index contributed by atoms with van der Waals surface area (Å²) in [5.74, 6) is 0.883. The van der Waals surface area contributed by atoms with Gasteiger partial charge in [0.15, 0.2) is 0 Å². The molecule has 2 N–H and O–H groups in total. The van der Waals surface area contributed by atoms with E-state index in [4.69, 9.17) is 21.1 Å². The maximum atomic E-state index is 6.09. The van der Waals surface area contributed by atoms with Gasteiger partial charge in [0.25, 0.3) is 0 Å². The van der Waals surface area contributed by atoms with Crippen LogP contribution in [-0.2, 0) is 11.2 Å². The van der Waals surface area contributed by atoms with Gasteiger partial charge in [-0.05, 0) is 62.2 Å². The Morgan fingerprint density at radius 2 is 1.78 bits per heavy atom. The second kappa shape index (κ2) is 11.3. The molecule has 3 atom stereocenters. The maximum Gasteiger partial charge on any atom is 0.147 e. The summed E-state index contributed by atoms with van der Waals surface area (Å²) in [7, 11) is 1.73. The van der Waals surface area contributed by atoms with E-state index in [1.54, 1.807) is 7.11 Å². The molecule has 0 fully saturated rings. The first-order chi connectivity index (χ1) is 13.0. The van der Waals surface area contributed by atoms with Gasteiger partial charge < -0.3 is 14.8 Å². The van der Waals surface area contributed by atoms with Crippen molar-refractivity contribution >= 4 is 11.6 Å². The number of methoxy groups -OCH3 is 1. The molecular weight excluding hydrogens is 360 g/mol. The molecule has 0 bridgehead atoms. The van der Waals surface area contributed by atoms with Crippen LogP contribution in [0.25, 0.3) is 0 Å². The van der Waals surface area contributed by atoms with Crippen molar-refractivity contribution in [2.75, 3.05) is 20.2 Å². The van der Waals surface area contributed by atoms with E-state index < -0.39 is 0 Å². The number of hydrogen-bond donors (Lipinski definition) is 2. The zero-order valence-electron chi connectivity index (χ0n) is 16.7. The number of nitrogens with one attached hydrogen (secondary N) is 2. The highest BCUT2D eigenvalue weighted by molar-refractivity contribution is 6.30. The Bertz CT molecular complexity index is 678. The summed E-state index contributed by atoms with van der Waals surface area (Å²) >= 11 is 6.09. The molecule has 4 nitrogen and oxygen atoms in total. The van der Waals surface area contributed by atoms with Gasteiger partial charge in [0.05, 0.1) is 6.10 Å². The molecule has 0 aromatic heterocycles. The van der Waals surface area contributed by atoms with Crippen molar-refractivity contribution in [2.45, 2.75) is 45.6 Å². The van der Waals surface area contributed by atoms with Crippen LogP contribution >= 0.6 is 11.6 Å². The molecule has 0 saturated carbocycles. The van der Waals surface area contributed by atoms with Gasteiger partial charge in [0.1, 0.15) is 12.0 Å². The van der Waals surface area contributed by atoms with Crippen molar-refractivity contribution in [1.82, 2.24) is 10.6 Å². The lowest BCUT2D eigenvalue weighted by atomic mass is 10.1. The SMILES string of the molecule is CCNC(C)Oc1ccc(CC(C)NCC(OC)c2cccc(Cl)c2)cc1. The molecular formula is C22H31ClN2O2. The molecule has 0 heterocycles. The lowest BCUT2D eigenvalue weighted by Crippen LogP contribution is -2.32. The Kier molecular flexibility index (Phi) is 9.08. The highest BCUT2D eigenvalue weighted by Crippen LogP contribution is 2.20. The highest BCUT2D eigenvalue weighted by atomic mass is 35.5. The van der Waals surface area contributed by atoms with Crippen LogP contribution in [0.15, 0.2) is 48.5 Å². The number of halogens is 1. The average molecular weight is 391 g/mol. The van der Waals surface area contributed by atoms with E-state index in [1.165, 1.54) is 5.56 Å². The molecule has 3 unspecified atom stereocenters. The first kappa shape index (κ1) is 21.7. The third-order valence-corrected chi connectivity index (χ3v) is 4.66. The topological polar surface area (TPSA) is 42.5 Å². The molecule has 5 heteroatoms. The van der Waals surface area contributed by atoms with Gasteiger partial charge in [-0.3, -0.25) is 5.32 Å². The Labute approximate surface area is 168 Å². The monoisotopic (exact) mass is 390 g/mol. The van der Waals surface area contributed by atoms with Crippen molar-refractivity contribution in [3.05, 3.63) is 64.7 Å². The molecule has 0 spiro atoms. The number of rotatable bonds is 11. The minimum Gasteiger partial charge on any atom is -0.476 e. The van der Waals surface area contributed by atoms with Gasteiger partial charge in [-0.25, -0.2) is 0 Å². The zero-order chi connectivity index (χ0) is 19.6. The van der Waals surface area contributed by atoms with Crippen LogP contribution in [0.2, 0.25) is 5.02 Å². The van der Waals surface area contributed by atoms with Gasteiger partial charge >= 0.3 is 0 Å². The van der Waals surface area contributed by atoms with Gasteiger partial charge in [-0.1, -0.05) is 42.8 Å². The van der Waals surface area contributed by atoms with Crippen molar-refractivity contribution in [3.63, 3.8) is 0 Å². The average Bonchev–Trinajstić information content (AvgIpc) is 2.64. The Morgan fingerprint density at radius 1 is 1.04 bits per heavy atom.